The van der Waals surface area contributed by atoms with E-state index in [1.807, 2.05) is 0 Å². The van der Waals surface area contributed by atoms with Crippen LogP contribution in [0.1, 0.15) is 51.9 Å². The second kappa shape index (κ2) is 5.58. The van der Waals surface area contributed by atoms with Crippen molar-refractivity contribution in [2.45, 2.75) is 57.9 Å². The molecule has 0 amide bonds. The van der Waals surface area contributed by atoms with E-state index in [0.717, 1.165) is 6.04 Å². The van der Waals surface area contributed by atoms with Crippen LogP contribution >= 0.6 is 0 Å². The van der Waals surface area contributed by atoms with Gasteiger partial charge in [-0.15, -0.1) is 0 Å². The summed E-state index contributed by atoms with van der Waals surface area (Å²) in [5, 5.41) is 0. The maximum Gasteiger partial charge on any atom is 0.00926 e. The standard InChI is InChI=1S/C11H23N/c1-3-4-5-6-8-11-9-7-10-12(11)2/h11H,3-10H2,1-2H3/t11-/m0/s1. The van der Waals surface area contributed by atoms with Crippen LogP contribution in [0, 0.1) is 0 Å². The highest BCUT2D eigenvalue weighted by atomic mass is 15.1. The van der Waals surface area contributed by atoms with Crippen LogP contribution in [0.25, 0.3) is 0 Å². The van der Waals surface area contributed by atoms with E-state index in [-0.39, 0.29) is 0 Å². The molecule has 0 aromatic rings. The van der Waals surface area contributed by atoms with Gasteiger partial charge in [0.25, 0.3) is 0 Å². The third-order valence-corrected chi connectivity index (χ3v) is 3.06. The first-order valence-electron chi connectivity index (χ1n) is 5.55. The van der Waals surface area contributed by atoms with Crippen LogP contribution in [0.15, 0.2) is 0 Å². The Bertz CT molecular complexity index is 112. The van der Waals surface area contributed by atoms with Gasteiger partial charge >= 0.3 is 0 Å². The lowest BCUT2D eigenvalue weighted by atomic mass is 10.1. The molecule has 1 heteroatoms. The number of rotatable bonds is 5. The molecule has 1 aliphatic heterocycles. The zero-order valence-electron chi connectivity index (χ0n) is 8.68. The van der Waals surface area contributed by atoms with Gasteiger partial charge in [0, 0.05) is 6.04 Å². The molecule has 0 saturated carbocycles. The number of nitrogens with zero attached hydrogens (tertiary/aromatic N) is 1. The van der Waals surface area contributed by atoms with Gasteiger partial charge in [0.15, 0.2) is 0 Å². The summed E-state index contributed by atoms with van der Waals surface area (Å²) in [5.41, 5.74) is 0. The van der Waals surface area contributed by atoms with Crippen molar-refractivity contribution in [3.8, 4) is 0 Å². The minimum Gasteiger partial charge on any atom is -0.303 e. The highest BCUT2D eigenvalue weighted by molar-refractivity contribution is 4.75. The Morgan fingerprint density at radius 1 is 1.25 bits per heavy atom. The Morgan fingerprint density at radius 3 is 2.67 bits per heavy atom. The fourth-order valence-corrected chi connectivity index (χ4v) is 2.15. The number of hydrogen-bond donors (Lipinski definition) is 0. The molecule has 0 N–H and O–H groups in total. The van der Waals surface area contributed by atoms with E-state index in [9.17, 15) is 0 Å². The molecule has 0 radical (unpaired) electrons. The van der Waals surface area contributed by atoms with Gasteiger partial charge in [-0.05, 0) is 32.9 Å². The second-order valence-corrected chi connectivity index (χ2v) is 4.13. The monoisotopic (exact) mass is 169 g/mol. The van der Waals surface area contributed by atoms with Crippen LogP contribution in [-0.2, 0) is 0 Å². The van der Waals surface area contributed by atoms with Crippen molar-refractivity contribution in [1.29, 1.82) is 0 Å². The maximum absolute atomic E-state index is 2.53. The first-order chi connectivity index (χ1) is 5.84. The molecule has 0 aliphatic carbocycles. The van der Waals surface area contributed by atoms with Crippen LogP contribution in [0.3, 0.4) is 0 Å². The topological polar surface area (TPSA) is 3.24 Å². The Morgan fingerprint density at radius 2 is 2.08 bits per heavy atom. The summed E-state index contributed by atoms with van der Waals surface area (Å²) in [6, 6.07) is 0.918. The summed E-state index contributed by atoms with van der Waals surface area (Å²) in [5.74, 6) is 0. The zero-order valence-corrected chi connectivity index (χ0v) is 8.68. The molecule has 1 fully saturated rings. The van der Waals surface area contributed by atoms with Gasteiger partial charge in [-0.25, -0.2) is 0 Å². The van der Waals surface area contributed by atoms with Crippen LogP contribution in [0.5, 0.6) is 0 Å². The summed E-state index contributed by atoms with van der Waals surface area (Å²) in [6.07, 6.45) is 9.99. The van der Waals surface area contributed by atoms with Gasteiger partial charge in [-0.1, -0.05) is 32.6 Å². The average Bonchev–Trinajstić information content (AvgIpc) is 2.46. The summed E-state index contributed by atoms with van der Waals surface area (Å²) in [4.78, 5) is 2.53. The molecule has 1 aliphatic rings. The van der Waals surface area contributed by atoms with Crippen molar-refractivity contribution in [2.75, 3.05) is 13.6 Å². The van der Waals surface area contributed by atoms with Crippen molar-refractivity contribution in [3.05, 3.63) is 0 Å². The van der Waals surface area contributed by atoms with Crippen molar-refractivity contribution in [2.24, 2.45) is 0 Å². The molecule has 1 saturated heterocycles. The third-order valence-electron chi connectivity index (χ3n) is 3.06. The molecule has 0 spiro atoms. The summed E-state index contributed by atoms with van der Waals surface area (Å²) in [7, 11) is 2.28. The Hall–Kier alpha value is -0.0400. The SMILES string of the molecule is CCCCCC[C@H]1CCCN1C. The lowest BCUT2D eigenvalue weighted by Crippen LogP contribution is -2.24. The normalized spacial score (nSPS) is 25.0. The van der Waals surface area contributed by atoms with Crippen molar-refractivity contribution >= 4 is 0 Å². The molecule has 0 aromatic carbocycles. The van der Waals surface area contributed by atoms with E-state index < -0.39 is 0 Å². The van der Waals surface area contributed by atoms with Crippen LogP contribution in [0.2, 0.25) is 0 Å². The van der Waals surface area contributed by atoms with E-state index in [4.69, 9.17) is 0 Å². The molecule has 72 valence electrons. The van der Waals surface area contributed by atoms with Gasteiger partial charge in [0.05, 0.1) is 0 Å². The predicted molar refractivity (Wildman–Crippen MR) is 54.4 cm³/mol. The van der Waals surface area contributed by atoms with Gasteiger partial charge < -0.3 is 4.90 Å². The molecule has 12 heavy (non-hydrogen) atoms. The fraction of sp³-hybridized carbons (Fsp3) is 1.00. The fourth-order valence-electron chi connectivity index (χ4n) is 2.15. The molecule has 0 aromatic heterocycles. The van der Waals surface area contributed by atoms with Gasteiger partial charge in [-0.3, -0.25) is 0 Å². The van der Waals surface area contributed by atoms with Crippen LogP contribution in [0.4, 0.5) is 0 Å². The molecule has 1 nitrogen and oxygen atoms in total. The lowest BCUT2D eigenvalue weighted by Gasteiger charge is -2.18. The first kappa shape index (κ1) is 10.0. The number of likely N-dealkylation sites (tertiary alicyclic amines) is 1. The highest BCUT2D eigenvalue weighted by Gasteiger charge is 2.19. The van der Waals surface area contributed by atoms with Gasteiger partial charge in [0.1, 0.15) is 0 Å². The highest BCUT2D eigenvalue weighted by Crippen LogP contribution is 2.20. The largest absolute Gasteiger partial charge is 0.303 e. The van der Waals surface area contributed by atoms with Crippen molar-refractivity contribution < 1.29 is 0 Å². The summed E-state index contributed by atoms with van der Waals surface area (Å²) < 4.78 is 0. The van der Waals surface area contributed by atoms with E-state index >= 15 is 0 Å². The van der Waals surface area contributed by atoms with E-state index in [2.05, 4.69) is 18.9 Å². The number of unbranched alkanes of at least 4 members (excludes halogenated alkanes) is 3. The number of hydrogen-bond acceptors (Lipinski definition) is 1. The van der Waals surface area contributed by atoms with Crippen molar-refractivity contribution in [3.63, 3.8) is 0 Å². The van der Waals surface area contributed by atoms with Crippen molar-refractivity contribution in [1.82, 2.24) is 4.90 Å². The van der Waals surface area contributed by atoms with Crippen LogP contribution < -0.4 is 0 Å². The van der Waals surface area contributed by atoms with E-state index in [1.165, 1.54) is 51.5 Å². The molecule has 1 rings (SSSR count). The Kier molecular flexibility index (Phi) is 4.67. The molecular formula is C11H23N. The quantitative estimate of drug-likeness (QED) is 0.572. The third kappa shape index (κ3) is 3.14. The predicted octanol–water partition coefficient (Wildman–Crippen LogP) is 3.05. The first-order valence-corrected chi connectivity index (χ1v) is 5.55. The molecular weight excluding hydrogens is 146 g/mol. The minimum absolute atomic E-state index is 0.918. The molecule has 1 atom stereocenters. The average molecular weight is 169 g/mol. The zero-order chi connectivity index (χ0) is 8.81. The summed E-state index contributed by atoms with van der Waals surface area (Å²) >= 11 is 0. The van der Waals surface area contributed by atoms with Gasteiger partial charge in [0.2, 0.25) is 0 Å². The molecule has 1 heterocycles. The molecule has 0 unspecified atom stereocenters. The second-order valence-electron chi connectivity index (χ2n) is 4.13. The van der Waals surface area contributed by atoms with E-state index in [0.29, 0.717) is 0 Å². The summed E-state index contributed by atoms with van der Waals surface area (Å²) in [6.45, 7) is 3.61. The van der Waals surface area contributed by atoms with E-state index in [1.54, 1.807) is 0 Å². The minimum atomic E-state index is 0.918. The molecule has 0 bridgehead atoms. The smallest absolute Gasteiger partial charge is 0.00926 e. The van der Waals surface area contributed by atoms with Gasteiger partial charge in [-0.2, -0.15) is 0 Å². The lowest BCUT2D eigenvalue weighted by molar-refractivity contribution is 0.289. The Labute approximate surface area is 77.1 Å². The maximum atomic E-state index is 2.53. The Balaban J connectivity index is 1.98. The van der Waals surface area contributed by atoms with Crippen LogP contribution in [-0.4, -0.2) is 24.5 Å².